The molecule has 3 aromatic rings. The van der Waals surface area contributed by atoms with Crippen LogP contribution in [0.15, 0.2) is 29.0 Å². The first kappa shape index (κ1) is 24.2. The zero-order valence-corrected chi connectivity index (χ0v) is 19.8. The Bertz CT molecular complexity index is 1230. The lowest BCUT2D eigenvalue weighted by Crippen LogP contribution is -2.52. The highest BCUT2D eigenvalue weighted by Crippen LogP contribution is 2.41. The van der Waals surface area contributed by atoms with E-state index in [-0.39, 0.29) is 23.2 Å². The number of aromatic amines is 1. The van der Waals surface area contributed by atoms with Gasteiger partial charge in [-0.15, -0.1) is 0 Å². The van der Waals surface area contributed by atoms with E-state index in [4.69, 9.17) is 0 Å². The predicted octanol–water partition coefficient (Wildman–Crippen LogP) is 4.11. The monoisotopic (exact) mass is 542 g/mol. The Balaban J connectivity index is 1.75. The molecule has 13 heteroatoms. The largest absolute Gasteiger partial charge is 0.453 e. The van der Waals surface area contributed by atoms with Gasteiger partial charge in [0, 0.05) is 42.5 Å². The molecule has 0 unspecified atom stereocenters. The van der Waals surface area contributed by atoms with Crippen molar-refractivity contribution in [2.75, 3.05) is 30.8 Å². The number of piperidine rings is 1. The molecular formula is C21H22BrF3N6O3. The van der Waals surface area contributed by atoms with Gasteiger partial charge in [-0.2, -0.15) is 13.2 Å². The molecule has 1 saturated heterocycles. The number of β-amino-alcohol motifs (C(OH)–C–C–N with tert-alkyl or cyclic N) is 1. The van der Waals surface area contributed by atoms with Crippen molar-refractivity contribution in [3.63, 3.8) is 0 Å². The summed E-state index contributed by atoms with van der Waals surface area (Å²) in [5.41, 5.74) is -1.17. The highest BCUT2D eigenvalue weighted by Gasteiger charge is 2.37. The van der Waals surface area contributed by atoms with E-state index in [1.54, 1.807) is 19.1 Å². The number of alkyl halides is 3. The molecule has 0 spiro atoms. The van der Waals surface area contributed by atoms with Crippen molar-refractivity contribution in [1.82, 2.24) is 20.3 Å². The molecule has 2 aromatic heterocycles. The molecule has 1 aliphatic heterocycles. The van der Waals surface area contributed by atoms with Gasteiger partial charge in [-0.05, 0) is 35.3 Å². The van der Waals surface area contributed by atoms with Gasteiger partial charge >= 0.3 is 12.3 Å². The first-order valence-corrected chi connectivity index (χ1v) is 11.1. The number of carbonyl (C=O) groups is 1. The molecule has 0 aliphatic carbocycles. The van der Waals surface area contributed by atoms with Crippen molar-refractivity contribution < 1.29 is 27.8 Å². The molecule has 5 N–H and O–H groups in total. The number of hydrogen-bond acceptors (Lipinski definition) is 7. The number of amides is 1. The van der Waals surface area contributed by atoms with Crippen molar-refractivity contribution in [2.24, 2.45) is 0 Å². The lowest BCUT2D eigenvalue weighted by Gasteiger charge is -2.35. The van der Waals surface area contributed by atoms with Crippen molar-refractivity contribution in [1.29, 1.82) is 0 Å². The highest BCUT2D eigenvalue weighted by molar-refractivity contribution is 9.10. The zero-order valence-electron chi connectivity index (χ0n) is 18.2. The summed E-state index contributed by atoms with van der Waals surface area (Å²) in [7, 11) is 1.22. The van der Waals surface area contributed by atoms with Crippen LogP contribution in [0.2, 0.25) is 0 Å². The van der Waals surface area contributed by atoms with E-state index in [1.165, 1.54) is 13.3 Å². The fourth-order valence-corrected chi connectivity index (χ4v) is 4.52. The first-order valence-electron chi connectivity index (χ1n) is 10.3. The maximum atomic E-state index is 13.8. The van der Waals surface area contributed by atoms with E-state index in [0.29, 0.717) is 40.6 Å². The average Bonchev–Trinajstić information content (AvgIpc) is 3.19. The third kappa shape index (κ3) is 4.95. The Morgan fingerprint density at radius 1 is 1.38 bits per heavy atom. The van der Waals surface area contributed by atoms with E-state index < -0.39 is 23.4 Å². The number of anilines is 2. The van der Waals surface area contributed by atoms with Crippen LogP contribution in [0.5, 0.6) is 0 Å². The lowest BCUT2D eigenvalue weighted by molar-refractivity contribution is -0.137. The number of aromatic nitrogens is 3. The summed E-state index contributed by atoms with van der Waals surface area (Å²) < 4.78 is 46.5. The van der Waals surface area contributed by atoms with Gasteiger partial charge in [0.2, 0.25) is 5.95 Å². The maximum absolute atomic E-state index is 13.8. The third-order valence-electron chi connectivity index (χ3n) is 5.48. The van der Waals surface area contributed by atoms with E-state index in [0.717, 1.165) is 6.20 Å². The maximum Gasteiger partial charge on any atom is 0.419 e. The molecule has 0 saturated carbocycles. The van der Waals surface area contributed by atoms with Crippen molar-refractivity contribution >= 4 is 44.6 Å². The average molecular weight is 543 g/mol. The standard InChI is InChI=1S/C21H22BrF3N6O3/c1-20(33)5-10(6-26-9-20)29-18-28-8-13(21(23,24)25)16(31-18)12-7-27-17-11(12)3-4-14(15(17)22)30-19(32)34-2/h3-4,7-8,10,26-27,33H,5-6,9H2,1-2H3,(H,30,32)(H,28,29,31)/t10-,20+/m0/s1. The molecular weight excluding hydrogens is 521 g/mol. The normalized spacial score (nSPS) is 20.9. The number of benzene rings is 1. The van der Waals surface area contributed by atoms with Crippen LogP contribution < -0.4 is 16.0 Å². The second kappa shape index (κ2) is 9.04. The number of carbonyl (C=O) groups excluding carboxylic acids is 1. The number of H-pyrrole nitrogens is 1. The minimum Gasteiger partial charge on any atom is -0.453 e. The van der Waals surface area contributed by atoms with Crippen molar-refractivity contribution in [3.8, 4) is 11.3 Å². The molecule has 1 fully saturated rings. The van der Waals surface area contributed by atoms with Gasteiger partial charge in [0.25, 0.3) is 0 Å². The number of methoxy groups -OCH3 is 1. The van der Waals surface area contributed by atoms with Gasteiger partial charge in [-0.25, -0.2) is 14.8 Å². The summed E-state index contributed by atoms with van der Waals surface area (Å²) in [5.74, 6) is 0.0184. The van der Waals surface area contributed by atoms with Crippen LogP contribution in [0.4, 0.5) is 29.6 Å². The molecule has 3 heterocycles. The topological polar surface area (TPSA) is 124 Å². The number of ether oxygens (including phenoxy) is 1. The smallest absolute Gasteiger partial charge is 0.419 e. The van der Waals surface area contributed by atoms with Crippen LogP contribution in [0.1, 0.15) is 18.9 Å². The van der Waals surface area contributed by atoms with Crippen molar-refractivity contribution in [3.05, 3.63) is 34.6 Å². The first-order chi connectivity index (χ1) is 16.0. The number of nitrogens with zero attached hydrogens (tertiary/aromatic N) is 2. The van der Waals surface area contributed by atoms with Gasteiger partial charge in [0.15, 0.2) is 0 Å². The van der Waals surface area contributed by atoms with Gasteiger partial charge in [-0.1, -0.05) is 6.07 Å². The molecule has 9 nitrogen and oxygen atoms in total. The molecule has 2 atom stereocenters. The fourth-order valence-electron chi connectivity index (χ4n) is 3.96. The SMILES string of the molecule is COC(=O)Nc1ccc2c(-c3nc(N[C@@H]4CNC[C@](C)(O)C4)ncc3C(F)(F)F)c[nH]c2c1Br. The van der Waals surface area contributed by atoms with Crippen molar-refractivity contribution in [2.45, 2.75) is 31.2 Å². The zero-order chi connectivity index (χ0) is 24.7. The van der Waals surface area contributed by atoms with E-state index in [9.17, 15) is 23.1 Å². The highest BCUT2D eigenvalue weighted by atomic mass is 79.9. The van der Waals surface area contributed by atoms with Crippen LogP contribution in [0.25, 0.3) is 22.2 Å². The second-order valence-electron chi connectivity index (χ2n) is 8.30. The van der Waals surface area contributed by atoms with E-state index >= 15 is 0 Å². The predicted molar refractivity (Wildman–Crippen MR) is 124 cm³/mol. The van der Waals surface area contributed by atoms with Gasteiger partial charge in [0.05, 0.1) is 34.1 Å². The molecule has 0 bridgehead atoms. The Hall–Kier alpha value is -2.90. The Morgan fingerprint density at radius 2 is 2.15 bits per heavy atom. The number of rotatable bonds is 4. The quantitative estimate of drug-likeness (QED) is 0.336. The third-order valence-corrected chi connectivity index (χ3v) is 6.30. The summed E-state index contributed by atoms with van der Waals surface area (Å²) in [6.07, 6.45) is -2.81. The number of aliphatic hydroxyl groups is 1. The van der Waals surface area contributed by atoms with Crippen LogP contribution in [0, 0.1) is 0 Å². The number of halogens is 4. The molecule has 1 aliphatic rings. The number of fused-ring (bicyclic) bond motifs is 1. The number of nitrogens with one attached hydrogen (secondary N) is 4. The molecule has 0 radical (unpaired) electrons. The molecule has 34 heavy (non-hydrogen) atoms. The fraction of sp³-hybridized carbons (Fsp3) is 0.381. The van der Waals surface area contributed by atoms with Gasteiger partial charge in [0.1, 0.15) is 5.56 Å². The van der Waals surface area contributed by atoms with E-state index in [2.05, 4.69) is 51.6 Å². The van der Waals surface area contributed by atoms with Crippen LogP contribution >= 0.6 is 15.9 Å². The summed E-state index contributed by atoms with van der Waals surface area (Å²) in [6.45, 7) is 2.60. The summed E-state index contributed by atoms with van der Waals surface area (Å²) >= 11 is 3.37. The molecule has 1 amide bonds. The summed E-state index contributed by atoms with van der Waals surface area (Å²) in [5, 5.41) is 19.4. The Labute approximate surface area is 200 Å². The van der Waals surface area contributed by atoms with Gasteiger partial charge in [-0.3, -0.25) is 5.32 Å². The molecule has 4 rings (SSSR count). The lowest BCUT2D eigenvalue weighted by atomic mass is 9.93. The van der Waals surface area contributed by atoms with Gasteiger partial charge < -0.3 is 25.5 Å². The minimum atomic E-state index is -4.68. The van der Waals surface area contributed by atoms with Crippen LogP contribution in [0.3, 0.4) is 0 Å². The Kier molecular flexibility index (Phi) is 6.44. The number of hydrogen-bond donors (Lipinski definition) is 5. The Morgan fingerprint density at radius 3 is 2.82 bits per heavy atom. The van der Waals surface area contributed by atoms with Crippen LogP contribution in [-0.4, -0.2) is 58.0 Å². The van der Waals surface area contributed by atoms with Crippen LogP contribution in [-0.2, 0) is 10.9 Å². The second-order valence-corrected chi connectivity index (χ2v) is 9.09. The summed E-state index contributed by atoms with van der Waals surface area (Å²) in [4.78, 5) is 22.6. The minimum absolute atomic E-state index is 0.0184. The molecule has 1 aromatic carbocycles. The summed E-state index contributed by atoms with van der Waals surface area (Å²) in [6, 6.07) is 2.86. The van der Waals surface area contributed by atoms with E-state index in [1.807, 2.05) is 0 Å². The molecule has 182 valence electrons.